The highest BCUT2D eigenvalue weighted by molar-refractivity contribution is 5.36. The number of hydrogen-bond donors (Lipinski definition) is 1. The second kappa shape index (κ2) is 4.51. The minimum atomic E-state index is -0.553. The summed E-state index contributed by atoms with van der Waals surface area (Å²) in [5.41, 5.74) is 0.685. The van der Waals surface area contributed by atoms with E-state index in [-0.39, 0.29) is 11.6 Å². The first-order chi connectivity index (χ1) is 9.16. The van der Waals surface area contributed by atoms with Gasteiger partial charge >= 0.3 is 0 Å². The molecule has 1 aromatic heterocycles. The van der Waals surface area contributed by atoms with Crippen molar-refractivity contribution >= 4 is 0 Å². The predicted molar refractivity (Wildman–Crippen MR) is 66.6 cm³/mol. The van der Waals surface area contributed by atoms with Gasteiger partial charge in [0.05, 0.1) is 12.3 Å². The number of nitrogens with zero attached hydrogens (tertiary/aromatic N) is 1. The Bertz CT molecular complexity index is 663. The number of aromatic nitrogens is 1. The van der Waals surface area contributed by atoms with E-state index in [1.807, 2.05) is 0 Å². The van der Waals surface area contributed by atoms with Crippen molar-refractivity contribution in [2.45, 2.75) is 12.6 Å². The maximum absolute atomic E-state index is 12.9. The van der Waals surface area contributed by atoms with Gasteiger partial charge < -0.3 is 14.4 Å². The molecule has 1 N–H and O–H groups in total. The van der Waals surface area contributed by atoms with Gasteiger partial charge in [0.2, 0.25) is 5.43 Å². The summed E-state index contributed by atoms with van der Waals surface area (Å²) in [5.74, 6) is -0.647. The van der Waals surface area contributed by atoms with Crippen molar-refractivity contribution in [3.63, 3.8) is 0 Å². The molecule has 0 saturated heterocycles. The highest BCUT2D eigenvalue weighted by Gasteiger charge is 2.26. The lowest BCUT2D eigenvalue weighted by atomic mass is 10.0. The minimum absolute atomic E-state index is 0.309. The van der Waals surface area contributed by atoms with Crippen molar-refractivity contribution in [1.29, 1.82) is 0 Å². The first-order valence-corrected chi connectivity index (χ1v) is 5.96. The van der Waals surface area contributed by atoms with Gasteiger partial charge in [-0.15, -0.1) is 0 Å². The van der Waals surface area contributed by atoms with Crippen LogP contribution in [0, 0.1) is 5.82 Å². The van der Waals surface area contributed by atoms with Gasteiger partial charge in [-0.25, -0.2) is 4.39 Å². The lowest BCUT2D eigenvalue weighted by Crippen LogP contribution is -2.26. The first kappa shape index (κ1) is 11.9. The molecule has 1 aliphatic rings. The minimum Gasteiger partial charge on any atom is -0.503 e. The third-order valence-corrected chi connectivity index (χ3v) is 3.23. The summed E-state index contributed by atoms with van der Waals surface area (Å²) >= 11 is 0. The number of aromatic hydroxyl groups is 1. The van der Waals surface area contributed by atoms with Gasteiger partial charge in [0.25, 0.3) is 0 Å². The number of rotatable bonds is 1. The van der Waals surface area contributed by atoms with E-state index >= 15 is 0 Å². The average Bonchev–Trinajstić information content (AvgIpc) is 2.43. The summed E-state index contributed by atoms with van der Waals surface area (Å²) in [7, 11) is 0. The van der Waals surface area contributed by atoms with Crippen LogP contribution in [-0.4, -0.2) is 16.3 Å². The Labute approximate surface area is 108 Å². The van der Waals surface area contributed by atoms with Gasteiger partial charge in [0, 0.05) is 18.8 Å². The molecule has 3 rings (SSSR count). The van der Waals surface area contributed by atoms with Crippen molar-refractivity contribution in [2.24, 2.45) is 0 Å². The Balaban J connectivity index is 2.14. The van der Waals surface area contributed by atoms with Crippen molar-refractivity contribution in [3.8, 4) is 5.75 Å². The number of benzene rings is 1. The summed E-state index contributed by atoms with van der Waals surface area (Å²) in [5, 5.41) is 9.94. The second-order valence-electron chi connectivity index (χ2n) is 4.41. The molecule has 2 heterocycles. The van der Waals surface area contributed by atoms with E-state index in [2.05, 4.69) is 0 Å². The van der Waals surface area contributed by atoms with E-state index in [0.29, 0.717) is 24.4 Å². The molecule has 19 heavy (non-hydrogen) atoms. The van der Waals surface area contributed by atoms with Crippen molar-refractivity contribution in [2.75, 3.05) is 6.61 Å². The molecule has 0 spiro atoms. The predicted octanol–water partition coefficient (Wildman–Crippen LogP) is 1.81. The molecule has 0 saturated carbocycles. The van der Waals surface area contributed by atoms with Crippen LogP contribution in [0.4, 0.5) is 4.39 Å². The fourth-order valence-corrected chi connectivity index (χ4v) is 2.29. The quantitative estimate of drug-likeness (QED) is 0.851. The topological polar surface area (TPSA) is 51.5 Å². The van der Waals surface area contributed by atoms with Crippen molar-refractivity contribution < 1.29 is 14.2 Å². The van der Waals surface area contributed by atoms with E-state index in [0.717, 1.165) is 0 Å². The molecular formula is C14H12FNO3. The fraction of sp³-hybridized carbons (Fsp3) is 0.214. The fourth-order valence-electron chi connectivity index (χ4n) is 2.29. The third kappa shape index (κ3) is 2.02. The van der Waals surface area contributed by atoms with Crippen LogP contribution in [0.2, 0.25) is 0 Å². The van der Waals surface area contributed by atoms with Crippen LogP contribution in [0.25, 0.3) is 0 Å². The Morgan fingerprint density at radius 2 is 2.00 bits per heavy atom. The van der Waals surface area contributed by atoms with Crippen LogP contribution in [0.1, 0.15) is 17.4 Å². The van der Waals surface area contributed by atoms with E-state index in [1.54, 1.807) is 22.9 Å². The first-order valence-electron chi connectivity index (χ1n) is 5.96. The number of hydrogen-bond acceptors (Lipinski definition) is 3. The highest BCUT2D eigenvalue weighted by Crippen LogP contribution is 2.32. The molecule has 1 unspecified atom stereocenters. The Morgan fingerprint density at radius 1 is 1.26 bits per heavy atom. The number of halogens is 1. The Morgan fingerprint density at radius 3 is 2.74 bits per heavy atom. The zero-order valence-corrected chi connectivity index (χ0v) is 10.0. The molecule has 4 nitrogen and oxygen atoms in total. The van der Waals surface area contributed by atoms with E-state index < -0.39 is 11.5 Å². The monoisotopic (exact) mass is 261 g/mol. The number of ether oxygens (including phenoxy) is 1. The molecule has 2 aromatic rings. The molecule has 1 aliphatic heterocycles. The van der Waals surface area contributed by atoms with Gasteiger partial charge in [-0.1, -0.05) is 12.1 Å². The van der Waals surface area contributed by atoms with Gasteiger partial charge in [-0.2, -0.15) is 0 Å². The summed E-state index contributed by atoms with van der Waals surface area (Å²) in [6.07, 6.45) is 1.08. The van der Waals surface area contributed by atoms with Crippen LogP contribution in [0.15, 0.2) is 41.3 Å². The van der Waals surface area contributed by atoms with Gasteiger partial charge in [0.1, 0.15) is 11.9 Å². The van der Waals surface area contributed by atoms with Crippen molar-refractivity contribution in [3.05, 3.63) is 63.8 Å². The molecular weight excluding hydrogens is 249 g/mol. The highest BCUT2D eigenvalue weighted by atomic mass is 19.1. The molecule has 0 aliphatic carbocycles. The molecule has 1 atom stereocenters. The number of pyridine rings is 1. The van der Waals surface area contributed by atoms with Gasteiger partial charge in [-0.3, -0.25) is 4.79 Å². The van der Waals surface area contributed by atoms with Gasteiger partial charge in [0.15, 0.2) is 5.75 Å². The summed E-state index contributed by atoms with van der Waals surface area (Å²) < 4.78 is 20.4. The van der Waals surface area contributed by atoms with Crippen molar-refractivity contribution in [1.82, 2.24) is 4.57 Å². The summed E-state index contributed by atoms with van der Waals surface area (Å²) in [6.45, 7) is 1.04. The molecule has 98 valence electrons. The standard InChI is InChI=1S/C14H12FNO3/c15-10-3-1-9(2-4-10)14-12-13(18)11(17)5-6-16(12)7-8-19-14/h1-6,14,18H,7-8H2. The molecule has 0 amide bonds. The van der Waals surface area contributed by atoms with Crippen LogP contribution in [-0.2, 0) is 11.3 Å². The number of fused-ring (bicyclic) bond motifs is 1. The van der Waals surface area contributed by atoms with E-state index in [9.17, 15) is 14.3 Å². The third-order valence-electron chi connectivity index (χ3n) is 3.23. The van der Waals surface area contributed by atoms with E-state index in [4.69, 9.17) is 4.74 Å². The molecule has 0 radical (unpaired) electrons. The molecule has 5 heteroatoms. The Hall–Kier alpha value is -2.14. The maximum Gasteiger partial charge on any atom is 0.223 e. The SMILES string of the molecule is O=c1ccn2c(c1O)C(c1ccc(F)cc1)OCC2. The summed E-state index contributed by atoms with van der Waals surface area (Å²) in [4.78, 5) is 11.5. The Kier molecular flexibility index (Phi) is 2.83. The average molecular weight is 261 g/mol. The normalized spacial score (nSPS) is 18.1. The molecule has 0 bridgehead atoms. The largest absolute Gasteiger partial charge is 0.503 e. The maximum atomic E-state index is 12.9. The zero-order valence-electron chi connectivity index (χ0n) is 10.0. The lowest BCUT2D eigenvalue weighted by Gasteiger charge is -2.28. The van der Waals surface area contributed by atoms with Crippen LogP contribution < -0.4 is 5.43 Å². The van der Waals surface area contributed by atoms with Crippen LogP contribution in [0.5, 0.6) is 5.75 Å². The van der Waals surface area contributed by atoms with Gasteiger partial charge in [-0.05, 0) is 17.7 Å². The van der Waals surface area contributed by atoms with Crippen LogP contribution >= 0.6 is 0 Å². The zero-order chi connectivity index (χ0) is 13.4. The lowest BCUT2D eigenvalue weighted by molar-refractivity contribution is 0.0427. The molecule has 0 fully saturated rings. The van der Waals surface area contributed by atoms with Crippen LogP contribution in [0.3, 0.4) is 0 Å². The molecule has 1 aromatic carbocycles. The second-order valence-corrected chi connectivity index (χ2v) is 4.41. The smallest absolute Gasteiger partial charge is 0.223 e. The summed E-state index contributed by atoms with van der Waals surface area (Å²) in [6, 6.07) is 7.16. The van der Waals surface area contributed by atoms with E-state index in [1.165, 1.54) is 18.2 Å².